The van der Waals surface area contributed by atoms with Crippen LogP contribution >= 0.6 is 0 Å². The molecule has 1 heterocycles. The van der Waals surface area contributed by atoms with Crippen molar-refractivity contribution in [3.8, 4) is 0 Å². The lowest BCUT2D eigenvalue weighted by molar-refractivity contribution is -0.112. The van der Waals surface area contributed by atoms with E-state index in [4.69, 9.17) is 4.55 Å². The molecule has 2 aromatic carbocycles. The zero-order valence-corrected chi connectivity index (χ0v) is 10.8. The topological polar surface area (TPSA) is 96.2 Å². The highest BCUT2D eigenvalue weighted by Gasteiger charge is 2.30. The maximum absolute atomic E-state index is 11.7. The number of azo groups is 1. The Morgan fingerprint density at radius 3 is 2.35 bits per heavy atom. The number of amides is 1. The van der Waals surface area contributed by atoms with Gasteiger partial charge in [0.2, 0.25) is 5.03 Å². The molecule has 6 nitrogen and oxygen atoms in total. The summed E-state index contributed by atoms with van der Waals surface area (Å²) in [6.45, 7) is 0. The molecule has 20 heavy (non-hydrogen) atoms. The quantitative estimate of drug-likeness (QED) is 0.858. The smallest absolute Gasteiger partial charge is 0.281 e. The maximum Gasteiger partial charge on any atom is 0.314 e. The molecule has 3 rings (SSSR count). The fraction of sp³-hybridized carbons (Fsp3) is 0. The molecule has 7 heteroatoms. The fourth-order valence-electron chi connectivity index (χ4n) is 2.05. The average molecular weight is 288 g/mol. The van der Waals surface area contributed by atoms with E-state index in [1.807, 2.05) is 24.3 Å². The van der Waals surface area contributed by atoms with Crippen LogP contribution in [0.4, 0.5) is 0 Å². The van der Waals surface area contributed by atoms with Crippen LogP contribution in [0.15, 0.2) is 57.7 Å². The average Bonchev–Trinajstić information content (AvgIpc) is 2.80. The Labute approximate surface area is 114 Å². The van der Waals surface area contributed by atoms with E-state index in [9.17, 15) is 13.2 Å². The van der Waals surface area contributed by atoms with E-state index in [1.54, 1.807) is 18.2 Å². The van der Waals surface area contributed by atoms with Gasteiger partial charge in [-0.2, -0.15) is 8.42 Å². The standard InChI is InChI=1S/C13H8N2O4S/c16-12-11(13(15-14-12)20(17,18)19)10-6-5-8-3-1-2-4-9(8)7-10/h1-7H,(H,17,18,19). The van der Waals surface area contributed by atoms with E-state index < -0.39 is 21.1 Å². The van der Waals surface area contributed by atoms with Crippen LogP contribution in [0, 0.1) is 0 Å². The highest BCUT2D eigenvalue weighted by atomic mass is 32.2. The van der Waals surface area contributed by atoms with Crippen molar-refractivity contribution >= 4 is 32.4 Å². The number of rotatable bonds is 2. The van der Waals surface area contributed by atoms with Crippen LogP contribution in [-0.2, 0) is 14.9 Å². The van der Waals surface area contributed by atoms with Crippen molar-refractivity contribution in [1.82, 2.24) is 0 Å². The summed E-state index contributed by atoms with van der Waals surface area (Å²) in [6, 6.07) is 12.4. The summed E-state index contributed by atoms with van der Waals surface area (Å²) in [6.07, 6.45) is 0. The summed E-state index contributed by atoms with van der Waals surface area (Å²) in [5.74, 6) is -0.784. The highest BCUT2D eigenvalue weighted by molar-refractivity contribution is 7.90. The molecule has 0 spiro atoms. The van der Waals surface area contributed by atoms with Gasteiger partial charge in [-0.05, 0) is 22.4 Å². The molecule has 1 aliphatic rings. The minimum absolute atomic E-state index is 0.210. The van der Waals surface area contributed by atoms with E-state index in [-0.39, 0.29) is 5.57 Å². The summed E-state index contributed by atoms with van der Waals surface area (Å²) in [4.78, 5) is 11.7. The van der Waals surface area contributed by atoms with Gasteiger partial charge in [-0.25, -0.2) is 0 Å². The number of nitrogens with zero attached hydrogens (tertiary/aromatic N) is 2. The van der Waals surface area contributed by atoms with Crippen LogP contribution in [0.3, 0.4) is 0 Å². The molecule has 0 radical (unpaired) electrons. The van der Waals surface area contributed by atoms with Gasteiger partial charge in [-0.15, -0.1) is 10.2 Å². The van der Waals surface area contributed by atoms with Crippen molar-refractivity contribution in [1.29, 1.82) is 0 Å². The Morgan fingerprint density at radius 1 is 0.950 bits per heavy atom. The molecule has 0 aromatic heterocycles. The van der Waals surface area contributed by atoms with Gasteiger partial charge in [0.05, 0.1) is 5.57 Å². The molecule has 2 aromatic rings. The summed E-state index contributed by atoms with van der Waals surface area (Å²) in [7, 11) is -4.59. The molecule has 0 aliphatic carbocycles. The van der Waals surface area contributed by atoms with Crippen molar-refractivity contribution in [2.24, 2.45) is 10.2 Å². The van der Waals surface area contributed by atoms with Crippen molar-refractivity contribution in [2.75, 3.05) is 0 Å². The number of fused-ring (bicyclic) bond motifs is 1. The van der Waals surface area contributed by atoms with Crippen LogP contribution in [0.5, 0.6) is 0 Å². The minimum atomic E-state index is -4.59. The van der Waals surface area contributed by atoms with Gasteiger partial charge < -0.3 is 0 Å². The second-order valence-corrected chi connectivity index (χ2v) is 5.56. The first-order valence-corrected chi connectivity index (χ1v) is 7.08. The van der Waals surface area contributed by atoms with Crippen molar-refractivity contribution in [3.63, 3.8) is 0 Å². The third-order valence-electron chi connectivity index (χ3n) is 2.94. The van der Waals surface area contributed by atoms with E-state index in [0.29, 0.717) is 5.56 Å². The van der Waals surface area contributed by atoms with E-state index in [2.05, 4.69) is 10.2 Å². The minimum Gasteiger partial charge on any atom is -0.281 e. The number of hydrogen-bond acceptors (Lipinski definition) is 4. The van der Waals surface area contributed by atoms with Gasteiger partial charge in [0.25, 0.3) is 5.91 Å². The molecule has 0 saturated heterocycles. The number of carbonyl (C=O) groups is 1. The van der Waals surface area contributed by atoms with Crippen LogP contribution in [0.2, 0.25) is 0 Å². The Hall–Kier alpha value is -2.38. The lowest BCUT2D eigenvalue weighted by Crippen LogP contribution is -2.03. The van der Waals surface area contributed by atoms with Gasteiger partial charge in [0.15, 0.2) is 0 Å². The van der Waals surface area contributed by atoms with Crippen LogP contribution in [0.25, 0.3) is 16.3 Å². The van der Waals surface area contributed by atoms with Gasteiger partial charge in [-0.1, -0.05) is 36.4 Å². The van der Waals surface area contributed by atoms with E-state index in [0.717, 1.165) is 10.8 Å². The predicted octanol–water partition coefficient (Wildman–Crippen LogP) is 2.39. The SMILES string of the molecule is O=C1N=NC(S(=O)(=O)O)=C1c1ccc2ccccc2c1. The number of hydrogen-bond donors (Lipinski definition) is 1. The Kier molecular flexibility index (Phi) is 2.73. The van der Waals surface area contributed by atoms with Crippen LogP contribution in [0.1, 0.15) is 5.56 Å². The molecule has 0 atom stereocenters. The van der Waals surface area contributed by atoms with Crippen molar-refractivity contribution in [2.45, 2.75) is 0 Å². The lowest BCUT2D eigenvalue weighted by atomic mass is 10.0. The first-order valence-electron chi connectivity index (χ1n) is 5.64. The zero-order valence-electron chi connectivity index (χ0n) is 10.0. The number of carbonyl (C=O) groups excluding carboxylic acids is 1. The van der Waals surface area contributed by atoms with Crippen LogP contribution in [-0.4, -0.2) is 18.9 Å². The second kappa shape index (κ2) is 4.32. The maximum atomic E-state index is 11.7. The second-order valence-electron chi connectivity index (χ2n) is 4.22. The monoisotopic (exact) mass is 288 g/mol. The fourth-order valence-corrected chi connectivity index (χ4v) is 2.66. The summed E-state index contributed by atoms with van der Waals surface area (Å²) in [5.41, 5.74) is 0.143. The largest absolute Gasteiger partial charge is 0.314 e. The normalized spacial score (nSPS) is 15.3. The molecule has 0 bridgehead atoms. The van der Waals surface area contributed by atoms with Crippen molar-refractivity contribution < 1.29 is 17.8 Å². The predicted molar refractivity (Wildman–Crippen MR) is 72.3 cm³/mol. The third-order valence-corrected chi connectivity index (χ3v) is 3.72. The molecule has 0 fully saturated rings. The van der Waals surface area contributed by atoms with Gasteiger partial charge >= 0.3 is 10.1 Å². The Morgan fingerprint density at radius 2 is 1.65 bits per heavy atom. The Bertz CT molecular complexity index is 897. The lowest BCUT2D eigenvalue weighted by Gasteiger charge is -2.04. The van der Waals surface area contributed by atoms with Crippen LogP contribution < -0.4 is 0 Å². The first-order chi connectivity index (χ1) is 9.47. The highest BCUT2D eigenvalue weighted by Crippen LogP contribution is 2.31. The molecule has 1 N–H and O–H groups in total. The number of benzene rings is 2. The molecule has 1 amide bonds. The van der Waals surface area contributed by atoms with Crippen molar-refractivity contribution in [3.05, 3.63) is 53.1 Å². The zero-order chi connectivity index (χ0) is 14.3. The Balaban J connectivity index is 2.26. The summed E-state index contributed by atoms with van der Waals surface area (Å²) >= 11 is 0. The molecular formula is C13H8N2O4S. The molecule has 1 aliphatic heterocycles. The third kappa shape index (κ3) is 2.02. The van der Waals surface area contributed by atoms with Gasteiger partial charge in [-0.3, -0.25) is 9.35 Å². The van der Waals surface area contributed by atoms with Gasteiger partial charge in [0, 0.05) is 0 Å². The molecule has 0 saturated carbocycles. The van der Waals surface area contributed by atoms with E-state index in [1.165, 1.54) is 0 Å². The summed E-state index contributed by atoms with van der Waals surface area (Å²) in [5, 5.41) is 7.52. The molecule has 100 valence electrons. The molecular weight excluding hydrogens is 280 g/mol. The summed E-state index contributed by atoms with van der Waals surface area (Å²) < 4.78 is 31.5. The van der Waals surface area contributed by atoms with Gasteiger partial charge in [0.1, 0.15) is 0 Å². The first kappa shape index (κ1) is 12.6. The molecule has 0 unspecified atom stereocenters. The van der Waals surface area contributed by atoms with E-state index >= 15 is 0 Å².